The lowest BCUT2D eigenvalue weighted by molar-refractivity contribution is -0.129. The highest BCUT2D eigenvalue weighted by Crippen LogP contribution is 2.29. The fraction of sp³-hybridized carbons (Fsp3) is 0.312. The fourth-order valence-electron chi connectivity index (χ4n) is 4.41. The second kappa shape index (κ2) is 12.9. The molecule has 0 radical (unpaired) electrons. The third-order valence-electron chi connectivity index (χ3n) is 6.57. The first-order valence-electron chi connectivity index (χ1n) is 13.1. The molecule has 0 atom stereocenters. The summed E-state index contributed by atoms with van der Waals surface area (Å²) in [5, 5.41) is 0. The number of methoxy groups -OCH3 is 2. The standard InChI is InChI=1S/C32H35NO4/c1-4-5-6-7-8-9-10-23-11-14-25(15-12-23)26-16-18-27(19-17-26)31-33-28(32(34)37-31)21-24-13-20-29(35-2)30(22-24)36-3/h11-22H,4-10H2,1-3H3/b28-21-. The average Bonchev–Trinajstić information content (AvgIpc) is 3.30. The molecule has 3 aromatic carbocycles. The summed E-state index contributed by atoms with van der Waals surface area (Å²) in [7, 11) is 3.15. The van der Waals surface area contributed by atoms with Gasteiger partial charge >= 0.3 is 5.97 Å². The van der Waals surface area contributed by atoms with E-state index in [2.05, 4.69) is 36.2 Å². The second-order valence-electron chi connectivity index (χ2n) is 9.24. The first kappa shape index (κ1) is 26.2. The Balaban J connectivity index is 1.40. The van der Waals surface area contributed by atoms with E-state index in [1.54, 1.807) is 32.4 Å². The average molecular weight is 498 g/mol. The van der Waals surface area contributed by atoms with Gasteiger partial charge in [0.25, 0.3) is 0 Å². The molecular weight excluding hydrogens is 462 g/mol. The summed E-state index contributed by atoms with van der Waals surface area (Å²) in [6.07, 6.45) is 10.7. The molecule has 0 aromatic heterocycles. The van der Waals surface area contributed by atoms with E-state index in [1.165, 1.54) is 44.1 Å². The van der Waals surface area contributed by atoms with Crippen molar-refractivity contribution in [2.75, 3.05) is 14.2 Å². The van der Waals surface area contributed by atoms with Crippen molar-refractivity contribution in [2.45, 2.75) is 51.9 Å². The Kier molecular flexibility index (Phi) is 9.14. The predicted molar refractivity (Wildman–Crippen MR) is 149 cm³/mol. The molecule has 0 amide bonds. The number of aryl methyl sites for hydroxylation is 1. The number of esters is 1. The Morgan fingerprint density at radius 3 is 2.05 bits per heavy atom. The van der Waals surface area contributed by atoms with Crippen LogP contribution in [-0.4, -0.2) is 26.1 Å². The summed E-state index contributed by atoms with van der Waals surface area (Å²) < 4.78 is 16.1. The molecule has 0 saturated carbocycles. The van der Waals surface area contributed by atoms with E-state index in [0.717, 1.165) is 28.7 Å². The highest BCUT2D eigenvalue weighted by Gasteiger charge is 2.24. The molecule has 5 nitrogen and oxygen atoms in total. The van der Waals surface area contributed by atoms with Crippen LogP contribution in [0.1, 0.15) is 62.1 Å². The zero-order valence-electron chi connectivity index (χ0n) is 22.0. The van der Waals surface area contributed by atoms with Crippen molar-refractivity contribution < 1.29 is 19.0 Å². The molecule has 0 N–H and O–H groups in total. The zero-order chi connectivity index (χ0) is 26.0. The molecule has 37 heavy (non-hydrogen) atoms. The first-order chi connectivity index (χ1) is 18.1. The van der Waals surface area contributed by atoms with Crippen LogP contribution in [-0.2, 0) is 16.0 Å². The molecule has 1 aliphatic rings. The number of aliphatic imine (C=N–C) groups is 1. The molecule has 0 aliphatic carbocycles. The van der Waals surface area contributed by atoms with Crippen molar-refractivity contribution in [1.82, 2.24) is 0 Å². The number of rotatable bonds is 12. The molecule has 1 aliphatic heterocycles. The topological polar surface area (TPSA) is 57.1 Å². The van der Waals surface area contributed by atoms with Crippen LogP contribution >= 0.6 is 0 Å². The Morgan fingerprint density at radius 2 is 1.38 bits per heavy atom. The number of hydrogen-bond donors (Lipinski definition) is 0. The van der Waals surface area contributed by atoms with Crippen molar-refractivity contribution in [1.29, 1.82) is 0 Å². The van der Waals surface area contributed by atoms with Crippen LogP contribution in [0, 0.1) is 0 Å². The van der Waals surface area contributed by atoms with Gasteiger partial charge in [0.15, 0.2) is 17.2 Å². The maximum Gasteiger partial charge on any atom is 0.363 e. The van der Waals surface area contributed by atoms with E-state index in [4.69, 9.17) is 14.2 Å². The molecule has 1 heterocycles. The van der Waals surface area contributed by atoms with Crippen molar-refractivity contribution in [3.63, 3.8) is 0 Å². The highest BCUT2D eigenvalue weighted by atomic mass is 16.6. The molecule has 192 valence electrons. The fourth-order valence-corrected chi connectivity index (χ4v) is 4.41. The monoisotopic (exact) mass is 497 g/mol. The van der Waals surface area contributed by atoms with E-state index < -0.39 is 5.97 Å². The largest absolute Gasteiger partial charge is 0.493 e. The number of nitrogens with zero attached hydrogens (tertiary/aromatic N) is 1. The molecular formula is C32H35NO4. The summed E-state index contributed by atoms with van der Waals surface area (Å²) in [5.41, 5.74) is 5.43. The van der Waals surface area contributed by atoms with Crippen molar-refractivity contribution in [2.24, 2.45) is 4.99 Å². The Morgan fingerprint density at radius 1 is 0.757 bits per heavy atom. The lowest BCUT2D eigenvalue weighted by Crippen LogP contribution is -2.05. The van der Waals surface area contributed by atoms with E-state index >= 15 is 0 Å². The van der Waals surface area contributed by atoms with Gasteiger partial charge in [-0.2, -0.15) is 0 Å². The number of carbonyl (C=O) groups is 1. The molecule has 0 bridgehead atoms. The second-order valence-corrected chi connectivity index (χ2v) is 9.24. The van der Waals surface area contributed by atoms with Gasteiger partial charge in [0.2, 0.25) is 5.90 Å². The Labute approximate surface area is 219 Å². The SMILES string of the molecule is CCCCCCCCc1ccc(-c2ccc(C3=N/C(=C\c4ccc(OC)c(OC)c4)C(=O)O3)cc2)cc1. The summed E-state index contributed by atoms with van der Waals surface area (Å²) in [6, 6.07) is 22.2. The van der Waals surface area contributed by atoms with E-state index in [9.17, 15) is 4.79 Å². The normalized spacial score (nSPS) is 14.0. The maximum absolute atomic E-state index is 12.4. The molecule has 3 aromatic rings. The predicted octanol–water partition coefficient (Wildman–Crippen LogP) is 7.62. The van der Waals surface area contributed by atoms with E-state index in [1.807, 2.05) is 30.3 Å². The number of cyclic esters (lactones) is 1. The van der Waals surface area contributed by atoms with E-state index in [-0.39, 0.29) is 5.70 Å². The first-order valence-corrected chi connectivity index (χ1v) is 13.1. The van der Waals surface area contributed by atoms with Gasteiger partial charge < -0.3 is 14.2 Å². The maximum atomic E-state index is 12.4. The Hall–Kier alpha value is -3.86. The van der Waals surface area contributed by atoms with Gasteiger partial charge in [-0.1, -0.05) is 81.5 Å². The van der Waals surface area contributed by atoms with Crippen LogP contribution < -0.4 is 9.47 Å². The van der Waals surface area contributed by atoms with Gasteiger partial charge in [-0.05, 0) is 65.4 Å². The lowest BCUT2D eigenvalue weighted by atomic mass is 10.00. The van der Waals surface area contributed by atoms with Gasteiger partial charge in [-0.25, -0.2) is 9.79 Å². The number of ether oxygens (including phenoxy) is 3. The summed E-state index contributed by atoms with van der Waals surface area (Å²) >= 11 is 0. The Bertz CT molecular complexity index is 1260. The lowest BCUT2D eigenvalue weighted by Gasteiger charge is -2.07. The molecule has 0 unspecified atom stereocenters. The molecule has 0 saturated heterocycles. The van der Waals surface area contributed by atoms with Crippen LogP contribution in [0.4, 0.5) is 0 Å². The summed E-state index contributed by atoms with van der Waals surface area (Å²) in [4.78, 5) is 16.9. The number of benzene rings is 3. The molecule has 4 rings (SSSR count). The molecule has 0 spiro atoms. The minimum absolute atomic E-state index is 0.243. The molecule has 0 fully saturated rings. The van der Waals surface area contributed by atoms with Crippen LogP contribution in [0.5, 0.6) is 11.5 Å². The quantitative estimate of drug-likeness (QED) is 0.147. The minimum atomic E-state index is -0.477. The van der Waals surface area contributed by atoms with Crippen LogP contribution in [0.3, 0.4) is 0 Å². The van der Waals surface area contributed by atoms with E-state index in [0.29, 0.717) is 17.4 Å². The van der Waals surface area contributed by atoms with Crippen LogP contribution in [0.15, 0.2) is 77.4 Å². The van der Waals surface area contributed by atoms with Gasteiger partial charge in [0, 0.05) is 5.56 Å². The van der Waals surface area contributed by atoms with Crippen LogP contribution in [0.25, 0.3) is 17.2 Å². The van der Waals surface area contributed by atoms with Gasteiger partial charge in [0.05, 0.1) is 14.2 Å². The van der Waals surface area contributed by atoms with Gasteiger partial charge in [-0.3, -0.25) is 0 Å². The van der Waals surface area contributed by atoms with Crippen molar-refractivity contribution in [3.8, 4) is 22.6 Å². The number of carbonyl (C=O) groups excluding carboxylic acids is 1. The summed E-state index contributed by atoms with van der Waals surface area (Å²) in [5.74, 6) is 1.03. The molecule has 5 heteroatoms. The highest BCUT2D eigenvalue weighted by molar-refractivity contribution is 6.13. The van der Waals surface area contributed by atoms with Gasteiger partial charge in [0.1, 0.15) is 0 Å². The third kappa shape index (κ3) is 6.88. The number of hydrogen-bond acceptors (Lipinski definition) is 5. The van der Waals surface area contributed by atoms with Crippen molar-refractivity contribution >= 4 is 17.9 Å². The minimum Gasteiger partial charge on any atom is -0.493 e. The third-order valence-corrected chi connectivity index (χ3v) is 6.57. The summed E-state index contributed by atoms with van der Waals surface area (Å²) in [6.45, 7) is 2.25. The van der Waals surface area contributed by atoms with Crippen LogP contribution in [0.2, 0.25) is 0 Å². The van der Waals surface area contributed by atoms with Crippen molar-refractivity contribution in [3.05, 3.63) is 89.1 Å². The smallest absolute Gasteiger partial charge is 0.363 e. The zero-order valence-corrected chi connectivity index (χ0v) is 22.0. The number of unbranched alkanes of at least 4 members (excludes halogenated alkanes) is 5. The van der Waals surface area contributed by atoms with Gasteiger partial charge in [-0.15, -0.1) is 0 Å².